The van der Waals surface area contributed by atoms with E-state index in [0.29, 0.717) is 17.8 Å². The van der Waals surface area contributed by atoms with Gasteiger partial charge < -0.3 is 19.8 Å². The molecule has 0 saturated heterocycles. The third-order valence-electron chi connectivity index (χ3n) is 2.14. The number of carbonyl (C=O) groups excluding carboxylic acids is 2. The lowest BCUT2D eigenvalue weighted by Crippen LogP contribution is -2.45. The fourth-order valence-electron chi connectivity index (χ4n) is 1.20. The zero-order valence-electron chi connectivity index (χ0n) is 10.2. The lowest BCUT2D eigenvalue weighted by molar-refractivity contribution is -0.122. The number of ether oxygens (including phenoxy) is 1. The highest BCUT2D eigenvalue weighted by Crippen LogP contribution is 2.13. The van der Waals surface area contributed by atoms with Crippen LogP contribution in [-0.2, 0) is 9.53 Å². The van der Waals surface area contributed by atoms with Crippen LogP contribution in [-0.4, -0.2) is 38.1 Å². The van der Waals surface area contributed by atoms with Crippen molar-refractivity contribution in [1.82, 2.24) is 10.6 Å². The molecule has 0 aliphatic carbocycles. The first-order chi connectivity index (χ1) is 8.54. The second-order valence-electron chi connectivity index (χ2n) is 3.58. The van der Waals surface area contributed by atoms with Crippen LogP contribution in [0.5, 0.6) is 0 Å². The molecule has 0 bridgehead atoms. The van der Waals surface area contributed by atoms with E-state index in [2.05, 4.69) is 26.6 Å². The van der Waals surface area contributed by atoms with Gasteiger partial charge in [-0.3, -0.25) is 9.59 Å². The zero-order valence-corrected chi connectivity index (χ0v) is 11.7. The van der Waals surface area contributed by atoms with E-state index in [4.69, 9.17) is 9.15 Å². The molecule has 0 saturated carbocycles. The molecule has 6 nitrogen and oxygen atoms in total. The van der Waals surface area contributed by atoms with Crippen molar-refractivity contribution in [3.8, 4) is 0 Å². The summed E-state index contributed by atoms with van der Waals surface area (Å²) >= 11 is 3.10. The Balaban J connectivity index is 2.41. The van der Waals surface area contributed by atoms with E-state index in [0.717, 1.165) is 0 Å². The van der Waals surface area contributed by atoms with Crippen molar-refractivity contribution in [2.75, 3.05) is 20.3 Å². The summed E-state index contributed by atoms with van der Waals surface area (Å²) in [5.41, 5.74) is 0. The summed E-state index contributed by atoms with van der Waals surface area (Å²) in [5.74, 6) is -0.556. The van der Waals surface area contributed by atoms with Gasteiger partial charge in [-0.2, -0.15) is 0 Å². The molecule has 0 aliphatic rings. The maximum Gasteiger partial charge on any atom is 0.287 e. The Bertz CT molecular complexity index is 419. The van der Waals surface area contributed by atoms with E-state index in [9.17, 15) is 9.59 Å². The van der Waals surface area contributed by atoms with Crippen LogP contribution >= 0.6 is 15.9 Å². The summed E-state index contributed by atoms with van der Waals surface area (Å²) in [6.45, 7) is 2.43. The minimum absolute atomic E-state index is 0.151. The molecule has 1 aromatic heterocycles. The molecule has 1 rings (SSSR count). The van der Waals surface area contributed by atoms with Crippen molar-refractivity contribution in [1.29, 1.82) is 0 Å². The van der Waals surface area contributed by atoms with Crippen LogP contribution in [0.15, 0.2) is 21.2 Å². The third-order valence-corrected chi connectivity index (χ3v) is 2.57. The van der Waals surface area contributed by atoms with Gasteiger partial charge in [0.2, 0.25) is 5.91 Å². The van der Waals surface area contributed by atoms with Gasteiger partial charge in [-0.25, -0.2) is 0 Å². The molecule has 1 heterocycles. The SMILES string of the molecule is COCCNC(=O)C(C)NC(=O)c1ccc(Br)o1. The zero-order chi connectivity index (χ0) is 13.5. The van der Waals surface area contributed by atoms with Crippen molar-refractivity contribution in [3.05, 3.63) is 22.6 Å². The molecule has 1 aromatic rings. The van der Waals surface area contributed by atoms with Crippen LogP contribution in [0.4, 0.5) is 0 Å². The van der Waals surface area contributed by atoms with Crippen LogP contribution in [0.1, 0.15) is 17.5 Å². The van der Waals surface area contributed by atoms with Gasteiger partial charge in [0.25, 0.3) is 5.91 Å². The Kier molecular flexibility index (Phi) is 5.87. The number of carbonyl (C=O) groups is 2. The predicted molar refractivity (Wildman–Crippen MR) is 68.2 cm³/mol. The van der Waals surface area contributed by atoms with Crippen molar-refractivity contribution >= 4 is 27.7 Å². The Hall–Kier alpha value is -1.34. The molecule has 0 fully saturated rings. The summed E-state index contributed by atoms with van der Waals surface area (Å²) in [6.07, 6.45) is 0. The van der Waals surface area contributed by atoms with Gasteiger partial charge in [0.05, 0.1) is 6.61 Å². The first-order valence-corrected chi connectivity index (χ1v) is 6.16. The minimum atomic E-state index is -0.641. The lowest BCUT2D eigenvalue weighted by atomic mass is 10.3. The summed E-state index contributed by atoms with van der Waals surface area (Å²) in [4.78, 5) is 23.2. The standard InChI is InChI=1S/C11H15BrN2O4/c1-7(10(15)13-5-6-17-2)14-11(16)8-3-4-9(12)18-8/h3-4,7H,5-6H2,1-2H3,(H,13,15)(H,14,16). The number of halogens is 1. The van der Waals surface area contributed by atoms with Gasteiger partial charge in [-0.1, -0.05) is 0 Å². The van der Waals surface area contributed by atoms with Crippen molar-refractivity contribution in [2.24, 2.45) is 0 Å². The molecule has 1 atom stereocenters. The molecule has 0 radical (unpaired) electrons. The average Bonchev–Trinajstić information content (AvgIpc) is 2.76. The van der Waals surface area contributed by atoms with Gasteiger partial charge in [-0.15, -0.1) is 0 Å². The highest BCUT2D eigenvalue weighted by atomic mass is 79.9. The number of nitrogens with one attached hydrogen (secondary N) is 2. The molecular weight excluding hydrogens is 304 g/mol. The summed E-state index contributed by atoms with van der Waals surface area (Å²) in [7, 11) is 1.55. The smallest absolute Gasteiger partial charge is 0.287 e. The molecular formula is C11H15BrN2O4. The predicted octanol–water partition coefficient (Wildman–Crippen LogP) is 0.923. The Morgan fingerprint density at radius 2 is 2.22 bits per heavy atom. The van der Waals surface area contributed by atoms with Gasteiger partial charge in [0, 0.05) is 13.7 Å². The van der Waals surface area contributed by atoms with Crippen molar-refractivity contribution < 1.29 is 18.7 Å². The Morgan fingerprint density at radius 1 is 1.50 bits per heavy atom. The first kappa shape index (κ1) is 14.7. The summed E-state index contributed by atoms with van der Waals surface area (Å²) < 4.78 is 10.3. The van der Waals surface area contributed by atoms with Crippen LogP contribution in [0, 0.1) is 0 Å². The summed E-state index contributed by atoms with van der Waals surface area (Å²) in [5, 5.41) is 5.16. The van der Waals surface area contributed by atoms with Gasteiger partial charge in [0.1, 0.15) is 6.04 Å². The molecule has 2 amide bonds. The number of hydrogen-bond acceptors (Lipinski definition) is 4. The molecule has 0 aromatic carbocycles. The summed E-state index contributed by atoms with van der Waals surface area (Å²) in [6, 6.07) is 2.49. The van der Waals surface area contributed by atoms with Gasteiger partial charge >= 0.3 is 0 Å². The van der Waals surface area contributed by atoms with Crippen LogP contribution in [0.2, 0.25) is 0 Å². The van der Waals surface area contributed by atoms with Crippen LogP contribution in [0.3, 0.4) is 0 Å². The third kappa shape index (κ3) is 4.50. The van der Waals surface area contributed by atoms with Crippen molar-refractivity contribution in [2.45, 2.75) is 13.0 Å². The molecule has 100 valence electrons. The monoisotopic (exact) mass is 318 g/mol. The Labute approximate surface area is 113 Å². The maximum absolute atomic E-state index is 11.7. The van der Waals surface area contributed by atoms with E-state index in [-0.39, 0.29) is 11.7 Å². The van der Waals surface area contributed by atoms with E-state index < -0.39 is 11.9 Å². The molecule has 7 heteroatoms. The van der Waals surface area contributed by atoms with Crippen molar-refractivity contribution in [3.63, 3.8) is 0 Å². The minimum Gasteiger partial charge on any atom is -0.444 e. The quantitative estimate of drug-likeness (QED) is 0.764. The largest absolute Gasteiger partial charge is 0.444 e. The molecule has 1 unspecified atom stereocenters. The number of methoxy groups -OCH3 is 1. The number of amides is 2. The first-order valence-electron chi connectivity index (χ1n) is 5.37. The number of rotatable bonds is 6. The van der Waals surface area contributed by atoms with Gasteiger partial charge in [0.15, 0.2) is 10.4 Å². The second kappa shape index (κ2) is 7.17. The van der Waals surface area contributed by atoms with E-state index >= 15 is 0 Å². The number of furan rings is 1. The molecule has 0 aliphatic heterocycles. The lowest BCUT2D eigenvalue weighted by Gasteiger charge is -2.12. The van der Waals surface area contributed by atoms with E-state index in [1.54, 1.807) is 20.1 Å². The molecule has 2 N–H and O–H groups in total. The fourth-order valence-corrected chi connectivity index (χ4v) is 1.51. The van der Waals surface area contributed by atoms with Gasteiger partial charge in [-0.05, 0) is 35.0 Å². The number of hydrogen-bond donors (Lipinski definition) is 2. The molecule has 18 heavy (non-hydrogen) atoms. The fraction of sp³-hybridized carbons (Fsp3) is 0.455. The maximum atomic E-state index is 11.7. The van der Waals surface area contributed by atoms with E-state index in [1.807, 2.05) is 0 Å². The van der Waals surface area contributed by atoms with Crippen LogP contribution < -0.4 is 10.6 Å². The Morgan fingerprint density at radius 3 is 2.78 bits per heavy atom. The average molecular weight is 319 g/mol. The molecule has 0 spiro atoms. The topological polar surface area (TPSA) is 80.6 Å². The van der Waals surface area contributed by atoms with E-state index in [1.165, 1.54) is 6.07 Å². The van der Waals surface area contributed by atoms with Crippen LogP contribution in [0.25, 0.3) is 0 Å². The normalized spacial score (nSPS) is 11.9. The highest BCUT2D eigenvalue weighted by molar-refractivity contribution is 9.10. The second-order valence-corrected chi connectivity index (χ2v) is 4.36. The highest BCUT2D eigenvalue weighted by Gasteiger charge is 2.18.